The standard InChI is InChI=1S/C58H39N3/c1-3-17-38(18-4-1)45-23-11-12-28-50(45)53-31-32-59-58-56(53)60-57(61(58)44-21-5-2-6-22-44)43-34-41(54-36-39-19-7-9-24-46(39)48-26-13-15-29-51(48)54)33-42(35-43)55-37-40-20-8-10-25-47(40)49-27-14-16-30-52(49)55/h1-37,57,60H. The fraction of sp³-hybridized carbons (Fsp3) is 0.0172. The molecule has 12 rings (SSSR count). The topological polar surface area (TPSA) is 28.2 Å². The average Bonchev–Trinajstić information content (AvgIpc) is 3.74. The van der Waals surface area contributed by atoms with Crippen molar-refractivity contribution < 1.29 is 0 Å². The number of para-hydroxylation sites is 1. The molecule has 0 amide bonds. The number of aromatic nitrogens is 1. The van der Waals surface area contributed by atoms with Crippen LogP contribution in [0.4, 0.5) is 17.2 Å². The summed E-state index contributed by atoms with van der Waals surface area (Å²) in [7, 11) is 0. The fourth-order valence-corrected chi connectivity index (χ4v) is 9.71. The van der Waals surface area contributed by atoms with Crippen LogP contribution in [0.5, 0.6) is 0 Å². The highest BCUT2D eigenvalue weighted by Gasteiger charge is 2.35. The second-order valence-corrected chi connectivity index (χ2v) is 15.9. The molecule has 1 aromatic heterocycles. The van der Waals surface area contributed by atoms with Gasteiger partial charge in [-0.3, -0.25) is 4.90 Å². The number of pyridine rings is 1. The van der Waals surface area contributed by atoms with Crippen LogP contribution >= 0.6 is 0 Å². The van der Waals surface area contributed by atoms with Gasteiger partial charge in [0.1, 0.15) is 6.17 Å². The Bertz CT molecular complexity index is 3330. The van der Waals surface area contributed by atoms with Crippen LogP contribution in [0.2, 0.25) is 0 Å². The van der Waals surface area contributed by atoms with Gasteiger partial charge >= 0.3 is 0 Å². The van der Waals surface area contributed by atoms with Crippen molar-refractivity contribution in [1.29, 1.82) is 0 Å². The maximum Gasteiger partial charge on any atom is 0.159 e. The normalized spacial score (nSPS) is 13.5. The van der Waals surface area contributed by atoms with Crippen molar-refractivity contribution in [2.24, 2.45) is 0 Å². The van der Waals surface area contributed by atoms with E-state index in [1.165, 1.54) is 76.5 Å². The van der Waals surface area contributed by atoms with Crippen molar-refractivity contribution in [3.63, 3.8) is 0 Å². The summed E-state index contributed by atoms with van der Waals surface area (Å²) in [6.07, 6.45) is 1.69. The van der Waals surface area contributed by atoms with Gasteiger partial charge in [-0.2, -0.15) is 0 Å². The maximum atomic E-state index is 5.16. The third-order valence-electron chi connectivity index (χ3n) is 12.5. The predicted octanol–water partition coefficient (Wildman–Crippen LogP) is 15.6. The minimum atomic E-state index is -0.271. The van der Waals surface area contributed by atoms with Crippen molar-refractivity contribution >= 4 is 60.3 Å². The lowest BCUT2D eigenvalue weighted by atomic mass is 9.88. The van der Waals surface area contributed by atoms with Crippen LogP contribution in [0.1, 0.15) is 11.7 Å². The molecule has 2 heterocycles. The lowest BCUT2D eigenvalue weighted by Crippen LogP contribution is -2.24. The van der Waals surface area contributed by atoms with Crippen LogP contribution in [-0.2, 0) is 0 Å². The minimum absolute atomic E-state index is 0.271. The Labute approximate surface area is 354 Å². The Morgan fingerprint density at radius 1 is 0.361 bits per heavy atom. The molecule has 11 aromatic rings. The van der Waals surface area contributed by atoms with E-state index < -0.39 is 0 Å². The van der Waals surface area contributed by atoms with E-state index in [0.717, 1.165) is 33.9 Å². The van der Waals surface area contributed by atoms with Gasteiger partial charge in [-0.05, 0) is 136 Å². The highest BCUT2D eigenvalue weighted by molar-refractivity contribution is 6.16. The smallest absolute Gasteiger partial charge is 0.159 e. The molecule has 0 aliphatic carbocycles. The third-order valence-corrected chi connectivity index (χ3v) is 12.5. The lowest BCUT2D eigenvalue weighted by molar-refractivity contribution is 0.821. The molecule has 0 bridgehead atoms. The number of fused-ring (bicyclic) bond motifs is 7. The van der Waals surface area contributed by atoms with Crippen molar-refractivity contribution in [2.45, 2.75) is 6.17 Å². The van der Waals surface area contributed by atoms with E-state index in [0.29, 0.717) is 0 Å². The van der Waals surface area contributed by atoms with Gasteiger partial charge in [-0.1, -0.05) is 170 Å². The van der Waals surface area contributed by atoms with Gasteiger partial charge in [0.05, 0.1) is 5.69 Å². The number of anilines is 3. The third kappa shape index (κ3) is 5.85. The van der Waals surface area contributed by atoms with Gasteiger partial charge < -0.3 is 5.32 Å². The molecule has 286 valence electrons. The van der Waals surface area contributed by atoms with Gasteiger partial charge in [-0.25, -0.2) is 4.98 Å². The number of benzene rings is 10. The number of rotatable bonds is 6. The molecule has 0 saturated carbocycles. The van der Waals surface area contributed by atoms with E-state index >= 15 is 0 Å². The number of nitrogens with one attached hydrogen (secondary N) is 1. The summed E-state index contributed by atoms with van der Waals surface area (Å²) in [5, 5.41) is 14.0. The summed E-state index contributed by atoms with van der Waals surface area (Å²) in [6.45, 7) is 0. The molecule has 0 spiro atoms. The highest BCUT2D eigenvalue weighted by atomic mass is 15.4. The first-order valence-corrected chi connectivity index (χ1v) is 21.0. The molecule has 10 aromatic carbocycles. The molecular weight excluding hydrogens is 739 g/mol. The Morgan fingerprint density at radius 3 is 1.46 bits per heavy atom. The van der Waals surface area contributed by atoms with Crippen LogP contribution in [-0.4, -0.2) is 4.98 Å². The van der Waals surface area contributed by atoms with Gasteiger partial charge in [-0.15, -0.1) is 0 Å². The minimum Gasteiger partial charge on any atom is -0.358 e. The molecule has 1 atom stereocenters. The van der Waals surface area contributed by atoms with Crippen LogP contribution in [0.25, 0.3) is 87.6 Å². The second kappa shape index (κ2) is 14.4. The second-order valence-electron chi connectivity index (χ2n) is 15.9. The molecule has 1 aliphatic rings. The van der Waals surface area contributed by atoms with E-state index in [4.69, 9.17) is 4.98 Å². The van der Waals surface area contributed by atoms with E-state index in [1.807, 2.05) is 6.20 Å². The van der Waals surface area contributed by atoms with Crippen LogP contribution in [0.3, 0.4) is 0 Å². The summed E-state index contributed by atoms with van der Waals surface area (Å²) < 4.78 is 0. The van der Waals surface area contributed by atoms with Crippen LogP contribution < -0.4 is 10.2 Å². The van der Waals surface area contributed by atoms with Gasteiger partial charge in [0.2, 0.25) is 0 Å². The molecule has 61 heavy (non-hydrogen) atoms. The molecule has 0 fully saturated rings. The first-order valence-electron chi connectivity index (χ1n) is 21.0. The number of hydrogen-bond acceptors (Lipinski definition) is 3. The summed E-state index contributed by atoms with van der Waals surface area (Å²) >= 11 is 0. The van der Waals surface area contributed by atoms with Crippen molar-refractivity contribution in [1.82, 2.24) is 4.98 Å². The Balaban J connectivity index is 1.12. The molecule has 1 N–H and O–H groups in total. The molecule has 1 aliphatic heterocycles. The largest absolute Gasteiger partial charge is 0.358 e. The van der Waals surface area contributed by atoms with Crippen molar-refractivity contribution in [3.8, 4) is 44.5 Å². The first kappa shape index (κ1) is 35.0. The summed E-state index contributed by atoms with van der Waals surface area (Å²) in [5.74, 6) is 0.899. The van der Waals surface area contributed by atoms with Crippen LogP contribution in [0, 0.1) is 0 Å². The van der Waals surface area contributed by atoms with Crippen molar-refractivity contribution in [2.75, 3.05) is 10.2 Å². The SMILES string of the molecule is c1ccc(-c2ccccc2-c2ccnc3c2NC(c2cc(-c4cc5ccccc5c5ccccc45)cc(-c4cc5ccccc5c5ccccc45)c2)N3c2ccccc2)cc1. The summed E-state index contributed by atoms with van der Waals surface area (Å²) in [6, 6.07) is 79.4. The van der Waals surface area contributed by atoms with Crippen LogP contribution in [0.15, 0.2) is 225 Å². The molecule has 3 nitrogen and oxygen atoms in total. The summed E-state index contributed by atoms with van der Waals surface area (Å²) in [5.41, 5.74) is 12.6. The Kier molecular flexibility index (Phi) is 8.24. The molecule has 1 unspecified atom stereocenters. The number of nitrogens with zero attached hydrogens (tertiary/aromatic N) is 2. The van der Waals surface area contributed by atoms with Gasteiger partial charge in [0.15, 0.2) is 5.82 Å². The zero-order valence-corrected chi connectivity index (χ0v) is 33.3. The molecular formula is C58H39N3. The maximum absolute atomic E-state index is 5.16. The molecule has 0 saturated heterocycles. The van der Waals surface area contributed by atoms with E-state index in [-0.39, 0.29) is 6.17 Å². The monoisotopic (exact) mass is 777 g/mol. The zero-order valence-electron chi connectivity index (χ0n) is 33.3. The van der Waals surface area contributed by atoms with Gasteiger partial charge in [0.25, 0.3) is 0 Å². The Hall–Kier alpha value is -8.01. The van der Waals surface area contributed by atoms with Gasteiger partial charge in [0, 0.05) is 17.4 Å². The first-order chi connectivity index (χ1) is 30.3. The lowest BCUT2D eigenvalue weighted by Gasteiger charge is -2.27. The summed E-state index contributed by atoms with van der Waals surface area (Å²) in [4.78, 5) is 7.53. The fourth-order valence-electron chi connectivity index (χ4n) is 9.71. The van der Waals surface area contributed by atoms with E-state index in [1.54, 1.807) is 0 Å². The quantitative estimate of drug-likeness (QED) is 0.170. The van der Waals surface area contributed by atoms with E-state index in [9.17, 15) is 0 Å². The Morgan fingerprint density at radius 2 is 0.852 bits per heavy atom. The average molecular weight is 778 g/mol. The predicted molar refractivity (Wildman–Crippen MR) is 257 cm³/mol. The van der Waals surface area contributed by atoms with E-state index in [2.05, 4.69) is 229 Å². The highest BCUT2D eigenvalue weighted by Crippen LogP contribution is 2.51. The molecule has 3 heteroatoms. The molecule has 0 radical (unpaired) electrons. The number of hydrogen-bond donors (Lipinski definition) is 1. The van der Waals surface area contributed by atoms with Crippen molar-refractivity contribution in [3.05, 3.63) is 230 Å². The zero-order chi connectivity index (χ0) is 40.3.